The smallest absolute Gasteiger partial charge is 0.407 e. The first-order chi connectivity index (χ1) is 22.4. The second kappa shape index (κ2) is 15.3. The number of benzene rings is 3. The van der Waals surface area contributed by atoms with Crippen molar-refractivity contribution in [3.05, 3.63) is 95.1 Å². The minimum absolute atomic E-state index is 0.0908. The van der Waals surface area contributed by atoms with Crippen LogP contribution in [0.15, 0.2) is 72.8 Å². The second-order valence-corrected chi connectivity index (χ2v) is 11.2. The van der Waals surface area contributed by atoms with Gasteiger partial charge in [0.1, 0.15) is 12.6 Å². The van der Waals surface area contributed by atoms with Gasteiger partial charge in [-0.3, -0.25) is 9.69 Å². The number of morpholine rings is 1. The molecule has 0 saturated carbocycles. The van der Waals surface area contributed by atoms with Crippen LogP contribution in [0.3, 0.4) is 0 Å². The van der Waals surface area contributed by atoms with Crippen LogP contribution >= 0.6 is 0 Å². The molecule has 0 spiro atoms. The zero-order valence-electron chi connectivity index (χ0n) is 26.2. The van der Waals surface area contributed by atoms with Crippen molar-refractivity contribution >= 4 is 18.0 Å². The summed E-state index contributed by atoms with van der Waals surface area (Å²) in [6, 6.07) is 20.9. The number of ether oxygens (including phenoxy) is 3. The van der Waals surface area contributed by atoms with Crippen molar-refractivity contribution in [2.45, 2.75) is 37.9 Å². The van der Waals surface area contributed by atoms with E-state index < -0.39 is 30.1 Å². The molecule has 0 unspecified atom stereocenters. The summed E-state index contributed by atoms with van der Waals surface area (Å²) in [4.78, 5) is 40.8. The minimum Gasteiger partial charge on any atom is -0.467 e. The standard InChI is InChI=1S/C37H37N3O6/c1-25(40-20-22-45-23-21-40)10-4-5-11-27-16-18-28(19-17-27)35(41)39-34(36(42)44-3)26(2)38-37(43)46-24-33-31-14-8-6-12-29(31)30-13-7-9-15-32(30)33/h6-9,12-19,25-26,33-34H,20-24H2,1-3H3,(H,38,43)(H,39,41)/t25-,26+,34-/m0/s1. The van der Waals surface area contributed by atoms with Crippen LogP contribution in [0.2, 0.25) is 0 Å². The van der Waals surface area contributed by atoms with E-state index >= 15 is 0 Å². The summed E-state index contributed by atoms with van der Waals surface area (Å²) in [5, 5.41) is 5.35. The number of fused-ring (bicyclic) bond motifs is 3. The summed E-state index contributed by atoms with van der Waals surface area (Å²) in [6.07, 6.45) is -0.706. The number of carbonyl (C=O) groups is 3. The van der Waals surface area contributed by atoms with Gasteiger partial charge in [0.25, 0.3) is 5.91 Å². The zero-order chi connectivity index (χ0) is 32.5. The first kappa shape index (κ1) is 32.3. The van der Waals surface area contributed by atoms with E-state index in [1.807, 2.05) is 43.3 Å². The Hall–Kier alpha value is -5.09. The number of carbonyl (C=O) groups excluding carboxylic acids is 3. The van der Waals surface area contributed by atoms with Gasteiger partial charge in [0, 0.05) is 30.1 Å². The molecule has 1 heterocycles. The van der Waals surface area contributed by atoms with Crippen LogP contribution < -0.4 is 10.6 Å². The molecule has 9 nitrogen and oxygen atoms in total. The normalized spacial score (nSPS) is 15.7. The molecule has 236 valence electrons. The number of nitrogens with one attached hydrogen (secondary N) is 2. The van der Waals surface area contributed by atoms with E-state index in [4.69, 9.17) is 14.2 Å². The summed E-state index contributed by atoms with van der Waals surface area (Å²) in [6.45, 7) is 6.90. The summed E-state index contributed by atoms with van der Waals surface area (Å²) >= 11 is 0. The molecule has 3 aromatic carbocycles. The molecule has 1 saturated heterocycles. The fourth-order valence-electron chi connectivity index (χ4n) is 5.65. The van der Waals surface area contributed by atoms with Crippen LogP contribution in [-0.2, 0) is 19.0 Å². The van der Waals surface area contributed by atoms with Gasteiger partial charge >= 0.3 is 12.1 Å². The SMILES string of the molecule is COC(=O)[C@@H](NC(=O)c1ccc(C#CC#C[C@H](C)N2CCOCC2)cc1)[C@@H](C)NC(=O)OCC1c2ccccc2-c2ccccc21. The highest BCUT2D eigenvalue weighted by molar-refractivity contribution is 5.97. The second-order valence-electron chi connectivity index (χ2n) is 11.2. The number of hydrogen-bond donors (Lipinski definition) is 2. The van der Waals surface area contributed by atoms with E-state index in [2.05, 4.69) is 51.3 Å². The van der Waals surface area contributed by atoms with Crippen molar-refractivity contribution in [2.75, 3.05) is 40.0 Å². The first-order valence-corrected chi connectivity index (χ1v) is 15.3. The molecule has 1 aliphatic heterocycles. The van der Waals surface area contributed by atoms with E-state index in [-0.39, 0.29) is 18.6 Å². The number of methoxy groups -OCH3 is 1. The monoisotopic (exact) mass is 619 g/mol. The molecule has 0 radical (unpaired) electrons. The number of nitrogens with zero attached hydrogens (tertiary/aromatic N) is 1. The maximum Gasteiger partial charge on any atom is 0.407 e. The number of esters is 1. The predicted octanol–water partition coefficient (Wildman–Crippen LogP) is 3.96. The van der Waals surface area contributed by atoms with E-state index in [9.17, 15) is 14.4 Å². The van der Waals surface area contributed by atoms with Crippen molar-refractivity contribution in [1.29, 1.82) is 0 Å². The van der Waals surface area contributed by atoms with E-state index in [1.165, 1.54) is 7.11 Å². The van der Waals surface area contributed by atoms with Gasteiger partial charge in [-0.25, -0.2) is 9.59 Å². The Bertz CT molecular complexity index is 1650. The van der Waals surface area contributed by atoms with Crippen molar-refractivity contribution < 1.29 is 28.6 Å². The molecular weight excluding hydrogens is 582 g/mol. The van der Waals surface area contributed by atoms with Gasteiger partial charge in [0.2, 0.25) is 0 Å². The molecule has 46 heavy (non-hydrogen) atoms. The minimum atomic E-state index is -1.15. The van der Waals surface area contributed by atoms with Crippen LogP contribution in [0.4, 0.5) is 4.79 Å². The highest BCUT2D eigenvalue weighted by Gasteiger charge is 2.32. The quantitative estimate of drug-likeness (QED) is 0.291. The van der Waals surface area contributed by atoms with Crippen LogP contribution in [0.25, 0.3) is 11.1 Å². The lowest BCUT2D eigenvalue weighted by atomic mass is 9.98. The number of rotatable bonds is 8. The Morgan fingerprint density at radius 3 is 2.15 bits per heavy atom. The lowest BCUT2D eigenvalue weighted by molar-refractivity contribution is -0.143. The molecule has 2 aliphatic rings. The van der Waals surface area contributed by atoms with Gasteiger partial charge in [-0.2, -0.15) is 0 Å². The van der Waals surface area contributed by atoms with Gasteiger partial charge in [-0.05, 0) is 72.2 Å². The maximum absolute atomic E-state index is 13.1. The lowest BCUT2D eigenvalue weighted by Crippen LogP contribution is -2.54. The Balaban J connectivity index is 1.15. The third-order valence-corrected chi connectivity index (χ3v) is 8.22. The summed E-state index contributed by atoms with van der Waals surface area (Å²) in [5.74, 6) is 10.6. The summed E-state index contributed by atoms with van der Waals surface area (Å²) < 4.78 is 15.9. The molecular formula is C37H37N3O6. The Labute approximate surface area is 269 Å². The van der Waals surface area contributed by atoms with Crippen molar-refractivity contribution in [3.8, 4) is 34.8 Å². The molecule has 1 aliphatic carbocycles. The first-order valence-electron chi connectivity index (χ1n) is 15.3. The molecule has 3 atom stereocenters. The van der Waals surface area contributed by atoms with Crippen LogP contribution in [-0.4, -0.2) is 81.0 Å². The molecule has 3 aromatic rings. The molecule has 0 aromatic heterocycles. The zero-order valence-corrected chi connectivity index (χ0v) is 26.2. The number of hydrogen-bond acceptors (Lipinski definition) is 7. The van der Waals surface area contributed by atoms with Crippen LogP contribution in [0, 0.1) is 23.7 Å². The predicted molar refractivity (Wildman–Crippen MR) is 174 cm³/mol. The summed E-state index contributed by atoms with van der Waals surface area (Å²) in [5.41, 5.74) is 5.44. The molecule has 1 fully saturated rings. The van der Waals surface area contributed by atoms with Crippen LogP contribution in [0.5, 0.6) is 0 Å². The third-order valence-electron chi connectivity index (χ3n) is 8.22. The molecule has 2 N–H and O–H groups in total. The number of amides is 2. The maximum atomic E-state index is 13.1. The van der Waals surface area contributed by atoms with E-state index in [0.717, 1.165) is 35.3 Å². The highest BCUT2D eigenvalue weighted by Crippen LogP contribution is 2.44. The van der Waals surface area contributed by atoms with Gasteiger partial charge in [-0.15, -0.1) is 0 Å². The van der Waals surface area contributed by atoms with E-state index in [1.54, 1.807) is 31.2 Å². The summed E-state index contributed by atoms with van der Waals surface area (Å²) in [7, 11) is 1.22. The Kier molecular flexibility index (Phi) is 10.7. The highest BCUT2D eigenvalue weighted by atomic mass is 16.5. The molecule has 5 rings (SSSR count). The van der Waals surface area contributed by atoms with Gasteiger partial charge in [-0.1, -0.05) is 60.4 Å². The van der Waals surface area contributed by atoms with Crippen molar-refractivity contribution in [1.82, 2.24) is 15.5 Å². The Morgan fingerprint density at radius 1 is 0.891 bits per heavy atom. The van der Waals surface area contributed by atoms with E-state index in [0.29, 0.717) is 24.3 Å². The van der Waals surface area contributed by atoms with Gasteiger partial charge < -0.3 is 24.8 Å². The fraction of sp³-hybridized carbons (Fsp3) is 0.324. The third kappa shape index (κ3) is 7.76. The van der Waals surface area contributed by atoms with Crippen LogP contribution in [0.1, 0.15) is 46.8 Å². The fourth-order valence-corrected chi connectivity index (χ4v) is 5.65. The topological polar surface area (TPSA) is 106 Å². The molecule has 9 heteroatoms. The average molecular weight is 620 g/mol. The Morgan fingerprint density at radius 2 is 1.52 bits per heavy atom. The van der Waals surface area contributed by atoms with Gasteiger partial charge in [0.05, 0.1) is 32.4 Å². The van der Waals surface area contributed by atoms with Crippen molar-refractivity contribution in [3.63, 3.8) is 0 Å². The van der Waals surface area contributed by atoms with Crippen molar-refractivity contribution in [2.24, 2.45) is 0 Å². The lowest BCUT2D eigenvalue weighted by Gasteiger charge is -2.29. The molecule has 0 bridgehead atoms. The molecule has 2 amide bonds. The van der Waals surface area contributed by atoms with Gasteiger partial charge in [0.15, 0.2) is 0 Å². The average Bonchev–Trinajstić information content (AvgIpc) is 3.41. The number of alkyl carbamates (subject to hydrolysis) is 1. The largest absolute Gasteiger partial charge is 0.467 e.